The van der Waals surface area contributed by atoms with E-state index in [0.717, 1.165) is 27.7 Å². The fourth-order valence-electron chi connectivity index (χ4n) is 3.83. The van der Waals surface area contributed by atoms with Gasteiger partial charge in [0.15, 0.2) is 0 Å². The molecule has 5 heteroatoms. The van der Waals surface area contributed by atoms with Crippen molar-refractivity contribution in [3.8, 4) is 0 Å². The van der Waals surface area contributed by atoms with Crippen molar-refractivity contribution < 1.29 is 4.79 Å². The Morgan fingerprint density at radius 3 is 2.53 bits per heavy atom. The van der Waals surface area contributed by atoms with Crippen LogP contribution in [0.4, 0.5) is 0 Å². The lowest BCUT2D eigenvalue weighted by Gasteiger charge is -2.31. The third-order valence-corrected chi connectivity index (χ3v) is 5.70. The van der Waals surface area contributed by atoms with Gasteiger partial charge in [0.1, 0.15) is 0 Å². The lowest BCUT2D eigenvalue weighted by atomic mass is 9.90. The van der Waals surface area contributed by atoms with Gasteiger partial charge in [-0.15, -0.1) is 0 Å². The molecule has 0 saturated carbocycles. The Bertz CT molecular complexity index is 1100. The molecule has 2 atom stereocenters. The number of benzene rings is 2. The average Bonchev–Trinajstić information content (AvgIpc) is 3.43. The van der Waals surface area contributed by atoms with Gasteiger partial charge in [0.05, 0.1) is 11.6 Å². The molecule has 0 aliphatic heterocycles. The van der Waals surface area contributed by atoms with Crippen molar-refractivity contribution in [1.29, 1.82) is 0 Å². The Morgan fingerprint density at radius 2 is 1.77 bits per heavy atom. The van der Waals surface area contributed by atoms with Crippen LogP contribution in [0.5, 0.6) is 0 Å². The molecule has 4 N–H and O–H groups in total. The van der Waals surface area contributed by atoms with Gasteiger partial charge in [0.2, 0.25) is 5.91 Å². The summed E-state index contributed by atoms with van der Waals surface area (Å²) >= 11 is 0. The maximum Gasteiger partial charge on any atom is 0.240 e. The quantitative estimate of drug-likeness (QED) is 0.352. The number of para-hydroxylation sites is 1. The molecule has 0 radical (unpaired) electrons. The van der Waals surface area contributed by atoms with Crippen LogP contribution in [0.3, 0.4) is 0 Å². The molecule has 0 saturated heterocycles. The van der Waals surface area contributed by atoms with E-state index in [4.69, 9.17) is 0 Å². The van der Waals surface area contributed by atoms with Crippen LogP contribution in [0, 0.1) is 0 Å². The number of hydrogen-bond donors (Lipinski definition) is 4. The summed E-state index contributed by atoms with van der Waals surface area (Å²) in [5, 5.41) is 7.85. The summed E-state index contributed by atoms with van der Waals surface area (Å²) in [4.78, 5) is 20.0. The van der Waals surface area contributed by atoms with Crippen LogP contribution in [0.15, 0.2) is 79.1 Å². The summed E-state index contributed by atoms with van der Waals surface area (Å²) in [6.45, 7) is 4.58. The standard InChI is InChI=1S/C25H28N4O/c1-18(19-9-4-3-5-10-19)29-24(30)25(2,28-17-21-11-8-14-26-21)15-20-16-27-23-13-7-6-12-22(20)23/h3-14,16,18,26-28H,15,17H2,1-2H3,(H,29,30). The largest absolute Gasteiger partial charge is 0.364 e. The van der Waals surface area contributed by atoms with Crippen LogP contribution < -0.4 is 10.6 Å². The van der Waals surface area contributed by atoms with Gasteiger partial charge in [-0.25, -0.2) is 0 Å². The molecule has 4 aromatic rings. The van der Waals surface area contributed by atoms with Crippen LogP contribution in [-0.4, -0.2) is 21.4 Å². The maximum absolute atomic E-state index is 13.5. The molecule has 0 bridgehead atoms. The molecule has 2 aromatic heterocycles. The molecule has 4 rings (SSSR count). The Kier molecular flexibility index (Phi) is 5.72. The topological polar surface area (TPSA) is 72.7 Å². The number of aromatic amines is 2. The van der Waals surface area contributed by atoms with Crippen molar-refractivity contribution in [1.82, 2.24) is 20.6 Å². The smallest absolute Gasteiger partial charge is 0.240 e. The summed E-state index contributed by atoms with van der Waals surface area (Å²) in [7, 11) is 0. The Balaban J connectivity index is 1.58. The molecule has 0 aliphatic rings. The molecule has 2 aromatic carbocycles. The zero-order valence-corrected chi connectivity index (χ0v) is 17.4. The van der Waals surface area contributed by atoms with E-state index in [0.29, 0.717) is 13.0 Å². The maximum atomic E-state index is 13.5. The number of rotatable bonds is 8. The summed E-state index contributed by atoms with van der Waals surface area (Å²) < 4.78 is 0. The van der Waals surface area contributed by atoms with Crippen molar-refractivity contribution in [2.75, 3.05) is 0 Å². The predicted molar refractivity (Wildman–Crippen MR) is 121 cm³/mol. The fourth-order valence-corrected chi connectivity index (χ4v) is 3.83. The third-order valence-electron chi connectivity index (χ3n) is 5.70. The molecule has 154 valence electrons. The van der Waals surface area contributed by atoms with Crippen molar-refractivity contribution >= 4 is 16.8 Å². The number of hydrogen-bond acceptors (Lipinski definition) is 2. The van der Waals surface area contributed by atoms with Crippen molar-refractivity contribution in [2.45, 2.75) is 38.4 Å². The van der Waals surface area contributed by atoms with E-state index in [-0.39, 0.29) is 11.9 Å². The van der Waals surface area contributed by atoms with Gasteiger partial charge in [0, 0.05) is 42.0 Å². The number of carbonyl (C=O) groups is 1. The van der Waals surface area contributed by atoms with E-state index >= 15 is 0 Å². The van der Waals surface area contributed by atoms with E-state index in [1.165, 1.54) is 0 Å². The molecule has 0 aliphatic carbocycles. The molecular weight excluding hydrogens is 372 g/mol. The number of aromatic nitrogens is 2. The lowest BCUT2D eigenvalue weighted by Crippen LogP contribution is -2.56. The number of nitrogens with one attached hydrogen (secondary N) is 4. The summed E-state index contributed by atoms with van der Waals surface area (Å²) in [6, 6.07) is 22.1. The van der Waals surface area contributed by atoms with Gasteiger partial charge in [-0.2, -0.15) is 0 Å². The first-order chi connectivity index (χ1) is 14.5. The highest BCUT2D eigenvalue weighted by Gasteiger charge is 2.34. The van der Waals surface area contributed by atoms with Gasteiger partial charge < -0.3 is 15.3 Å². The normalized spacial score (nSPS) is 14.3. The molecule has 2 unspecified atom stereocenters. The average molecular weight is 401 g/mol. The summed E-state index contributed by atoms with van der Waals surface area (Å²) in [5.74, 6) is -0.0179. The van der Waals surface area contributed by atoms with E-state index in [1.54, 1.807) is 0 Å². The van der Waals surface area contributed by atoms with Gasteiger partial charge >= 0.3 is 0 Å². The van der Waals surface area contributed by atoms with Crippen LogP contribution in [0.2, 0.25) is 0 Å². The van der Waals surface area contributed by atoms with E-state index in [1.807, 2.05) is 80.8 Å². The summed E-state index contributed by atoms with van der Waals surface area (Å²) in [5.41, 5.74) is 3.56. The SMILES string of the molecule is CC(NC(=O)C(C)(Cc1c[nH]c2ccccc12)NCc1ccc[nH]1)c1ccccc1. The second-order valence-electron chi connectivity index (χ2n) is 8.02. The van der Waals surface area contributed by atoms with Crippen molar-refractivity contribution in [3.63, 3.8) is 0 Å². The minimum atomic E-state index is -0.779. The van der Waals surface area contributed by atoms with Gasteiger partial charge in [-0.05, 0) is 43.2 Å². The Labute approximate surface area is 176 Å². The number of H-pyrrole nitrogens is 2. The highest BCUT2D eigenvalue weighted by molar-refractivity contribution is 5.89. The Morgan fingerprint density at radius 1 is 1.00 bits per heavy atom. The molecule has 30 heavy (non-hydrogen) atoms. The van der Waals surface area contributed by atoms with Crippen molar-refractivity contribution in [3.05, 3.63) is 95.9 Å². The first-order valence-electron chi connectivity index (χ1n) is 10.3. The molecule has 0 fully saturated rings. The van der Waals surface area contributed by atoms with Crippen molar-refractivity contribution in [2.24, 2.45) is 0 Å². The van der Waals surface area contributed by atoms with Crippen LogP contribution in [0.25, 0.3) is 10.9 Å². The van der Waals surface area contributed by atoms with E-state index in [2.05, 4.69) is 32.7 Å². The van der Waals surface area contributed by atoms with Gasteiger partial charge in [0.25, 0.3) is 0 Å². The predicted octanol–water partition coefficient (Wildman–Crippen LogP) is 4.46. The fraction of sp³-hybridized carbons (Fsp3) is 0.240. The molecule has 5 nitrogen and oxygen atoms in total. The molecular formula is C25H28N4O. The Hall–Kier alpha value is -3.31. The van der Waals surface area contributed by atoms with E-state index < -0.39 is 5.54 Å². The molecule has 2 heterocycles. The van der Waals surface area contributed by atoms with Crippen LogP contribution >= 0.6 is 0 Å². The molecule has 1 amide bonds. The minimum Gasteiger partial charge on any atom is -0.364 e. The molecule has 0 spiro atoms. The first-order valence-corrected chi connectivity index (χ1v) is 10.3. The van der Waals surface area contributed by atoms with Gasteiger partial charge in [-0.3, -0.25) is 10.1 Å². The first kappa shape index (κ1) is 20.0. The second kappa shape index (κ2) is 8.59. The second-order valence-corrected chi connectivity index (χ2v) is 8.02. The number of carbonyl (C=O) groups excluding carboxylic acids is 1. The van der Waals surface area contributed by atoms with Gasteiger partial charge in [-0.1, -0.05) is 48.5 Å². The number of fused-ring (bicyclic) bond motifs is 1. The van der Waals surface area contributed by atoms with E-state index in [9.17, 15) is 4.79 Å². The zero-order chi connectivity index (χ0) is 21.0. The zero-order valence-electron chi connectivity index (χ0n) is 17.4. The van der Waals surface area contributed by atoms with Crippen LogP contribution in [-0.2, 0) is 17.8 Å². The van der Waals surface area contributed by atoms with Crippen LogP contribution in [0.1, 0.15) is 36.7 Å². The highest BCUT2D eigenvalue weighted by atomic mass is 16.2. The lowest BCUT2D eigenvalue weighted by molar-refractivity contribution is -0.127. The number of amides is 1. The third kappa shape index (κ3) is 4.31. The minimum absolute atomic E-state index is 0.0179. The monoisotopic (exact) mass is 400 g/mol. The summed E-state index contributed by atoms with van der Waals surface area (Å²) in [6.07, 6.45) is 4.48. The highest BCUT2D eigenvalue weighted by Crippen LogP contribution is 2.24.